The Balaban J connectivity index is 0.832. The van der Waals surface area contributed by atoms with E-state index >= 15 is 0 Å². The van der Waals surface area contributed by atoms with Gasteiger partial charge in [0.15, 0.2) is 0 Å². The van der Waals surface area contributed by atoms with Crippen LogP contribution in [0.3, 0.4) is 0 Å². The summed E-state index contributed by atoms with van der Waals surface area (Å²) in [5, 5.41) is 38.9. The van der Waals surface area contributed by atoms with Gasteiger partial charge in [0.1, 0.15) is 34.0 Å². The Morgan fingerprint density at radius 1 is 0.953 bits per heavy atom. The van der Waals surface area contributed by atoms with Gasteiger partial charge in [0.05, 0.1) is 38.9 Å². The lowest BCUT2D eigenvalue weighted by atomic mass is 9.91. The number of aromatic nitrogens is 6. The molecule has 5 aromatic heterocycles. The molecule has 2 aromatic carbocycles. The van der Waals surface area contributed by atoms with E-state index in [4.69, 9.17) is 26.1 Å². The van der Waals surface area contributed by atoms with E-state index in [1.54, 1.807) is 59.3 Å². The highest BCUT2D eigenvalue weighted by Crippen LogP contribution is 2.42. The Bertz CT molecular complexity index is 2820. The number of hydrogen-bond donors (Lipinski definition) is 3. The number of nitrogens with zero attached hydrogens (tertiary/aromatic N) is 8. The summed E-state index contributed by atoms with van der Waals surface area (Å²) in [5.74, 6) is -0.216. The molecule has 2 fully saturated rings. The normalized spacial score (nSPS) is 17.9. The lowest BCUT2D eigenvalue weighted by Gasteiger charge is -2.31. The van der Waals surface area contributed by atoms with Crippen molar-refractivity contribution in [2.45, 2.75) is 83.9 Å². The number of fused-ring (bicyclic) bond motifs is 1. The molecule has 17 heteroatoms. The molecule has 0 bridgehead atoms. The van der Waals surface area contributed by atoms with Crippen molar-refractivity contribution < 1.29 is 24.3 Å². The number of thiophene rings is 1. The minimum absolute atomic E-state index is 0.00429. The second kappa shape index (κ2) is 18.0. The largest absolute Gasteiger partial charge is 0.506 e. The first-order valence-electron chi connectivity index (χ1n) is 21.4. The van der Waals surface area contributed by atoms with E-state index in [-0.39, 0.29) is 47.5 Å². The molecule has 2 aliphatic rings. The number of phenols is 1. The van der Waals surface area contributed by atoms with E-state index in [1.807, 2.05) is 63.5 Å². The maximum absolute atomic E-state index is 14.3. The van der Waals surface area contributed by atoms with E-state index in [0.717, 1.165) is 57.8 Å². The monoisotopic (exact) mass is 917 g/mol. The van der Waals surface area contributed by atoms with Crippen molar-refractivity contribution >= 4 is 62.3 Å². The van der Waals surface area contributed by atoms with Crippen LogP contribution in [0.2, 0.25) is 5.02 Å². The first-order valence-corrected chi connectivity index (χ1v) is 23.5. The molecule has 330 valence electrons. The summed E-state index contributed by atoms with van der Waals surface area (Å²) in [7, 11) is 0. The van der Waals surface area contributed by atoms with Crippen LogP contribution in [0, 0.1) is 19.8 Å². The highest BCUT2D eigenvalue weighted by atomic mass is 35.5. The maximum Gasteiger partial charge on any atom is 0.243 e. The molecule has 7 heterocycles. The van der Waals surface area contributed by atoms with Gasteiger partial charge >= 0.3 is 0 Å². The zero-order valence-electron chi connectivity index (χ0n) is 36.0. The van der Waals surface area contributed by atoms with Gasteiger partial charge in [-0.15, -0.1) is 32.9 Å². The van der Waals surface area contributed by atoms with Gasteiger partial charge in [-0.25, -0.2) is 15.0 Å². The number of likely N-dealkylation sites (tertiary alicyclic amines) is 1. The summed E-state index contributed by atoms with van der Waals surface area (Å²) in [6, 6.07) is 15.8. The predicted molar refractivity (Wildman–Crippen MR) is 249 cm³/mol. The zero-order valence-corrected chi connectivity index (χ0v) is 38.4. The van der Waals surface area contributed by atoms with Gasteiger partial charge in [-0.05, 0) is 80.3 Å². The van der Waals surface area contributed by atoms with Gasteiger partial charge in [-0.2, -0.15) is 0 Å². The SMILES string of the molecule is Cc1ncsc1-c1ccc([C@H](C)NC(=O)[C@@H]2C[C@@H](O)CN2C(=O)[C@@H](c2cc(-c3cnc(N4CCC(c5sc6nnc(-c7cccc(Cl)c7O)cc6c5C)CC4)nc3)no2)C(C)C)cc1. The molecule has 0 radical (unpaired) electrons. The van der Waals surface area contributed by atoms with Gasteiger partial charge in [0.2, 0.25) is 17.8 Å². The van der Waals surface area contributed by atoms with Crippen molar-refractivity contribution in [3.8, 4) is 38.7 Å². The average Bonchev–Trinajstić information content (AvgIpc) is 4.11. The van der Waals surface area contributed by atoms with Crippen LogP contribution in [-0.2, 0) is 9.59 Å². The van der Waals surface area contributed by atoms with Crippen LogP contribution in [-0.4, -0.2) is 89.0 Å². The first-order chi connectivity index (χ1) is 30.8. The number of amides is 2. The summed E-state index contributed by atoms with van der Waals surface area (Å²) in [6.07, 6.45) is 4.59. The number of aromatic hydroxyl groups is 1. The first kappa shape index (κ1) is 43.4. The number of aliphatic hydroxyl groups is 1. The fourth-order valence-corrected chi connectivity index (χ4v) is 11.2. The highest BCUT2D eigenvalue weighted by molar-refractivity contribution is 7.19. The highest BCUT2D eigenvalue weighted by Gasteiger charge is 2.43. The standard InChI is InChI=1S/C47H48ClN9O5S2/c1-24(2)40(46(61)57-22-32(58)17-38(57)44(60)52-26(4)28-9-11-29(12-10-28)43-27(5)51-23-63-43)39-19-36(55-62-39)31-20-49-47(50-21-31)56-15-13-30(14-16-56)42-25(3)34-18-37(53-54-45(34)64-42)33-7-6-8-35(48)41(33)59/h6-12,18-21,23-24,26,30,32,38,40,58-59H,13-17,22H2,1-5H3,(H,52,60)/t26-,32+,38-,40+/m0/s1. The number of anilines is 1. The van der Waals surface area contributed by atoms with Crippen molar-refractivity contribution in [2.75, 3.05) is 24.5 Å². The number of β-amino-alcohol motifs (C(OH)–C–C–N with tert-alkyl or cyclic N) is 1. The Hall–Kier alpha value is -5.81. The minimum atomic E-state index is -0.841. The third kappa shape index (κ3) is 8.47. The number of rotatable bonds is 11. The molecule has 2 aliphatic heterocycles. The number of carbonyl (C=O) groups excluding carboxylic acids is 2. The van der Waals surface area contributed by atoms with Crippen molar-refractivity contribution in [3.05, 3.63) is 105 Å². The zero-order chi connectivity index (χ0) is 44.8. The van der Waals surface area contributed by atoms with E-state index in [1.165, 1.54) is 15.3 Å². The fourth-order valence-electron chi connectivity index (χ4n) is 8.93. The van der Waals surface area contributed by atoms with Crippen LogP contribution in [0.5, 0.6) is 5.75 Å². The smallest absolute Gasteiger partial charge is 0.243 e. The molecule has 7 aromatic rings. The molecule has 4 atom stereocenters. The molecule has 0 saturated carbocycles. The number of halogens is 1. The van der Waals surface area contributed by atoms with Crippen molar-refractivity contribution in [2.24, 2.45) is 5.92 Å². The summed E-state index contributed by atoms with van der Waals surface area (Å²) in [5.41, 5.74) is 8.25. The molecular formula is C47H48ClN9O5S2. The number of piperidine rings is 1. The van der Waals surface area contributed by atoms with Crippen LogP contribution in [0.15, 0.2) is 77.0 Å². The van der Waals surface area contributed by atoms with E-state index in [0.29, 0.717) is 40.1 Å². The van der Waals surface area contributed by atoms with Gasteiger partial charge in [-0.1, -0.05) is 60.9 Å². The molecular weight excluding hydrogens is 870 g/mol. The minimum Gasteiger partial charge on any atom is -0.506 e. The lowest BCUT2D eigenvalue weighted by Crippen LogP contribution is -2.48. The number of phenolic OH excluding ortho intramolecular Hbond substituents is 1. The van der Waals surface area contributed by atoms with Gasteiger partial charge in [-0.3, -0.25) is 9.59 Å². The molecule has 3 N–H and O–H groups in total. The molecule has 0 spiro atoms. The van der Waals surface area contributed by atoms with Gasteiger partial charge in [0, 0.05) is 65.9 Å². The van der Waals surface area contributed by atoms with Crippen molar-refractivity contribution in [3.63, 3.8) is 0 Å². The second-order valence-corrected chi connectivity index (χ2v) is 19.4. The van der Waals surface area contributed by atoms with Crippen molar-refractivity contribution in [1.29, 1.82) is 0 Å². The number of thiazole rings is 1. The second-order valence-electron chi connectivity index (χ2n) is 17.1. The molecule has 14 nitrogen and oxygen atoms in total. The summed E-state index contributed by atoms with van der Waals surface area (Å²) in [6.45, 7) is 11.5. The molecule has 9 rings (SSSR count). The fraction of sp³-hybridized carbons (Fsp3) is 0.362. The van der Waals surface area contributed by atoms with Gasteiger partial charge in [0.25, 0.3) is 0 Å². The predicted octanol–water partition coefficient (Wildman–Crippen LogP) is 8.87. The summed E-state index contributed by atoms with van der Waals surface area (Å²) in [4.78, 5) is 48.8. The van der Waals surface area contributed by atoms with Crippen molar-refractivity contribution in [1.82, 2.24) is 40.5 Å². The average molecular weight is 919 g/mol. The number of benzene rings is 2. The molecule has 2 saturated heterocycles. The van der Waals surface area contributed by atoms with Crippen LogP contribution < -0.4 is 10.2 Å². The number of hydrogen-bond acceptors (Lipinski definition) is 14. The lowest BCUT2D eigenvalue weighted by molar-refractivity contribution is -0.141. The van der Waals surface area contributed by atoms with Crippen LogP contribution in [0.4, 0.5) is 5.95 Å². The third-order valence-electron chi connectivity index (χ3n) is 12.5. The number of nitrogens with one attached hydrogen (secondary N) is 1. The molecule has 2 amide bonds. The quantitative estimate of drug-likeness (QED) is 0.112. The number of aliphatic hydroxyl groups excluding tert-OH is 1. The number of aryl methyl sites for hydroxylation is 2. The third-order valence-corrected chi connectivity index (χ3v) is 15.1. The summed E-state index contributed by atoms with van der Waals surface area (Å²) < 4.78 is 5.83. The van der Waals surface area contributed by atoms with Crippen LogP contribution in [0.1, 0.15) is 85.4 Å². The van der Waals surface area contributed by atoms with E-state index in [9.17, 15) is 19.8 Å². The Morgan fingerprint density at radius 3 is 2.41 bits per heavy atom. The Morgan fingerprint density at radius 2 is 1.70 bits per heavy atom. The van der Waals surface area contributed by atoms with Crippen LogP contribution >= 0.6 is 34.3 Å². The van der Waals surface area contributed by atoms with Gasteiger partial charge < -0.3 is 29.9 Å². The topological polar surface area (TPSA) is 184 Å². The van der Waals surface area contributed by atoms with Crippen LogP contribution in [0.25, 0.3) is 43.2 Å². The summed E-state index contributed by atoms with van der Waals surface area (Å²) >= 11 is 9.43. The van der Waals surface area contributed by atoms with E-state index < -0.39 is 18.1 Å². The number of carbonyl (C=O) groups is 2. The molecule has 0 aliphatic carbocycles. The molecule has 0 unspecified atom stereocenters. The van der Waals surface area contributed by atoms with E-state index in [2.05, 4.69) is 37.5 Å². The Kier molecular flexibility index (Phi) is 12.2. The molecule has 64 heavy (non-hydrogen) atoms. The Labute approximate surface area is 383 Å². The maximum atomic E-state index is 14.3. The number of para-hydroxylation sites is 1.